The van der Waals surface area contributed by atoms with Gasteiger partial charge in [0.05, 0.1) is 18.2 Å². The van der Waals surface area contributed by atoms with Gasteiger partial charge in [0.25, 0.3) is 0 Å². The molecule has 0 aromatic carbocycles. The molecule has 0 aliphatic carbocycles. The first-order valence-electron chi connectivity index (χ1n) is 4.22. The Kier molecular flexibility index (Phi) is 3.95. The summed E-state index contributed by atoms with van der Waals surface area (Å²) in [6, 6.07) is 1.57. The van der Waals surface area contributed by atoms with Crippen LogP contribution in [0.2, 0.25) is 0 Å². The number of nitrogens with one attached hydrogen (secondary N) is 1. The highest BCUT2D eigenvalue weighted by Gasteiger charge is 2.41. The molecule has 0 bridgehead atoms. The first-order chi connectivity index (χ1) is 7.64. The largest absolute Gasteiger partial charge is 0.433 e. The van der Waals surface area contributed by atoms with E-state index in [0.29, 0.717) is 22.6 Å². The number of hydrogen-bond donors (Lipinski definition) is 1. The standard InChI is InChI=1S/C8H5F5IN3/c9-7(10,11)4-3-5(8(12,13)14)17-6(16-4)1-2-15/h3,6,17H,1H2. The predicted molar refractivity (Wildman–Crippen MR) is 57.7 cm³/mol. The molecule has 94 valence electrons. The van der Waals surface area contributed by atoms with Gasteiger partial charge >= 0.3 is 10.1 Å². The third kappa shape index (κ3) is 3.79. The number of rotatable bonds is 2. The highest BCUT2D eigenvalue weighted by molar-refractivity contribution is 14.1. The summed E-state index contributed by atoms with van der Waals surface area (Å²) in [7, 11) is 0. The van der Waals surface area contributed by atoms with Crippen LogP contribution in [0.4, 0.5) is 22.0 Å². The van der Waals surface area contributed by atoms with Crippen LogP contribution in [-0.4, -0.2) is 22.0 Å². The van der Waals surface area contributed by atoms with E-state index in [1.165, 1.54) is 0 Å². The Morgan fingerprint density at radius 3 is 2.41 bits per heavy atom. The second-order valence-corrected chi connectivity index (χ2v) is 4.45. The lowest BCUT2D eigenvalue weighted by molar-refractivity contribution is -0.0585. The third-order valence-corrected chi connectivity index (χ3v) is 2.36. The molecular formula is C8H5F5IN3. The summed E-state index contributed by atoms with van der Waals surface area (Å²) >= 11 is 0.703. The van der Waals surface area contributed by atoms with E-state index < -0.39 is 34.1 Å². The molecule has 0 radical (unpaired) electrons. The number of alkyl halides is 6. The van der Waals surface area contributed by atoms with E-state index in [-0.39, 0.29) is 6.08 Å². The molecule has 0 amide bonds. The smallest absolute Gasteiger partial charge is 0.361 e. The van der Waals surface area contributed by atoms with Crippen molar-refractivity contribution in [1.82, 2.24) is 5.32 Å². The molecule has 1 aliphatic heterocycles. The van der Waals surface area contributed by atoms with Crippen LogP contribution in [0.25, 0.3) is 0 Å². The van der Waals surface area contributed by atoms with Crippen molar-refractivity contribution in [3.8, 4) is 6.07 Å². The van der Waals surface area contributed by atoms with Crippen LogP contribution >= 0.6 is 22.6 Å². The summed E-state index contributed by atoms with van der Waals surface area (Å²) in [6.45, 7) is 0. The Hall–Kier alpha value is -0.920. The molecule has 0 aromatic heterocycles. The molecule has 0 spiro atoms. The minimum absolute atomic E-state index is 0.250. The fraction of sp³-hybridized carbons (Fsp3) is 0.500. The van der Waals surface area contributed by atoms with Crippen molar-refractivity contribution in [2.75, 3.05) is 0 Å². The Balaban J connectivity index is 3.09. The van der Waals surface area contributed by atoms with Gasteiger partial charge in [0, 0.05) is 22.6 Å². The van der Waals surface area contributed by atoms with Crippen LogP contribution in [0.5, 0.6) is 0 Å². The van der Waals surface area contributed by atoms with Crippen molar-refractivity contribution in [3.05, 3.63) is 11.8 Å². The van der Waals surface area contributed by atoms with Crippen molar-refractivity contribution in [2.45, 2.75) is 22.7 Å². The van der Waals surface area contributed by atoms with Crippen LogP contribution in [0.1, 0.15) is 6.42 Å². The summed E-state index contributed by atoms with van der Waals surface area (Å²) in [5, 5.41) is 10.4. The molecule has 1 heterocycles. The zero-order chi connectivity index (χ0) is 13.3. The van der Waals surface area contributed by atoms with Crippen LogP contribution in [0.3, 0.4) is 0 Å². The topological polar surface area (TPSA) is 48.2 Å². The zero-order valence-electron chi connectivity index (χ0n) is 8.02. The molecule has 0 saturated carbocycles. The fourth-order valence-electron chi connectivity index (χ4n) is 1.10. The van der Waals surface area contributed by atoms with Gasteiger partial charge in [0.15, 0.2) is 0 Å². The van der Waals surface area contributed by atoms with Gasteiger partial charge < -0.3 is 5.32 Å². The number of allylic oxidation sites excluding steroid dienone is 2. The molecule has 9 heteroatoms. The summed E-state index contributed by atoms with van der Waals surface area (Å²) in [5.41, 5.74) is -2.32. The fourth-order valence-corrected chi connectivity index (χ4v) is 1.41. The predicted octanol–water partition coefficient (Wildman–Crippen LogP) is 2.74. The van der Waals surface area contributed by atoms with Crippen molar-refractivity contribution in [3.63, 3.8) is 0 Å². The molecule has 1 N–H and O–H groups in total. The molecule has 1 atom stereocenters. The second-order valence-electron chi connectivity index (χ2n) is 3.09. The normalized spacial score (nSPS) is 21.1. The van der Waals surface area contributed by atoms with Gasteiger partial charge in [-0.05, 0) is 6.08 Å². The summed E-state index contributed by atoms with van der Waals surface area (Å²) in [4.78, 5) is 3.15. The zero-order valence-corrected chi connectivity index (χ0v) is 10.2. The van der Waals surface area contributed by atoms with Gasteiger partial charge in [-0.3, -0.25) is 4.99 Å². The van der Waals surface area contributed by atoms with Gasteiger partial charge in [0.1, 0.15) is 11.9 Å². The van der Waals surface area contributed by atoms with E-state index in [1.54, 1.807) is 6.07 Å². The average molecular weight is 365 g/mol. The lowest BCUT2D eigenvalue weighted by atomic mass is 10.2. The molecule has 0 aromatic rings. The highest BCUT2D eigenvalue weighted by atomic mass is 127. The number of nitrogens with zero attached hydrogens (tertiary/aromatic N) is 2. The molecule has 3 nitrogen and oxygen atoms in total. The highest BCUT2D eigenvalue weighted by Crippen LogP contribution is 2.33. The minimum Gasteiger partial charge on any atom is -0.361 e. The summed E-state index contributed by atoms with van der Waals surface area (Å²) < 4.78 is 59.5. The number of halogens is 6. The minimum atomic E-state index is -4.82. The molecular weight excluding hydrogens is 360 g/mol. The second kappa shape index (κ2) is 4.75. The first kappa shape index (κ1) is 14.1. The van der Waals surface area contributed by atoms with Gasteiger partial charge in [0.2, 0.25) is 0 Å². The maximum Gasteiger partial charge on any atom is 0.433 e. The number of nitriles is 1. The average Bonchev–Trinajstić information content (AvgIpc) is 2.15. The van der Waals surface area contributed by atoms with E-state index in [9.17, 15) is 22.0 Å². The number of aliphatic imine (C=N–C) groups is 1. The first-order valence-corrected chi connectivity index (χ1v) is 5.30. The SMILES string of the molecule is N#CCC1N=C(C(F)(F)F)C=C(C(F)(F)I)N1. The Bertz CT molecular complexity index is 401. The van der Waals surface area contributed by atoms with Gasteiger partial charge in [-0.15, -0.1) is 0 Å². The quantitative estimate of drug-likeness (QED) is 0.465. The van der Waals surface area contributed by atoms with Crippen LogP contribution in [-0.2, 0) is 0 Å². The van der Waals surface area contributed by atoms with Crippen molar-refractivity contribution < 1.29 is 22.0 Å². The molecule has 1 unspecified atom stereocenters. The van der Waals surface area contributed by atoms with Crippen molar-refractivity contribution in [1.29, 1.82) is 5.26 Å². The van der Waals surface area contributed by atoms with E-state index in [2.05, 4.69) is 10.3 Å². The molecule has 17 heavy (non-hydrogen) atoms. The third-order valence-electron chi connectivity index (χ3n) is 1.78. The van der Waals surface area contributed by atoms with Crippen molar-refractivity contribution in [2.24, 2.45) is 4.99 Å². The summed E-state index contributed by atoms with van der Waals surface area (Å²) in [5.74, 6) is 0. The summed E-state index contributed by atoms with van der Waals surface area (Å²) in [6.07, 6.45) is -6.30. The van der Waals surface area contributed by atoms with Crippen LogP contribution < -0.4 is 5.32 Å². The van der Waals surface area contributed by atoms with Crippen molar-refractivity contribution >= 4 is 28.3 Å². The lowest BCUT2D eigenvalue weighted by Crippen LogP contribution is -2.40. The maximum atomic E-state index is 12.9. The monoisotopic (exact) mass is 365 g/mol. The lowest BCUT2D eigenvalue weighted by Gasteiger charge is -2.25. The van der Waals surface area contributed by atoms with Crippen LogP contribution in [0.15, 0.2) is 16.8 Å². The molecule has 0 fully saturated rings. The Morgan fingerprint density at radius 1 is 1.41 bits per heavy atom. The Labute approximate surface area is 107 Å². The van der Waals surface area contributed by atoms with Gasteiger partial charge in [-0.1, -0.05) is 0 Å². The molecule has 0 saturated heterocycles. The van der Waals surface area contributed by atoms with E-state index >= 15 is 0 Å². The Morgan fingerprint density at radius 2 is 2.00 bits per heavy atom. The van der Waals surface area contributed by atoms with E-state index in [1.807, 2.05) is 0 Å². The van der Waals surface area contributed by atoms with E-state index in [4.69, 9.17) is 5.26 Å². The maximum absolute atomic E-state index is 12.9. The molecule has 1 aliphatic rings. The number of hydrogen-bond acceptors (Lipinski definition) is 3. The van der Waals surface area contributed by atoms with Gasteiger partial charge in [-0.25, -0.2) is 0 Å². The molecule has 1 rings (SSSR count). The van der Waals surface area contributed by atoms with E-state index in [0.717, 1.165) is 0 Å². The van der Waals surface area contributed by atoms with Crippen LogP contribution in [0, 0.1) is 11.3 Å². The van der Waals surface area contributed by atoms with Gasteiger partial charge in [-0.2, -0.15) is 27.2 Å².